The van der Waals surface area contributed by atoms with E-state index in [4.69, 9.17) is 9.47 Å². The first-order valence-corrected chi connectivity index (χ1v) is 13.9. The molecule has 4 atom stereocenters. The van der Waals surface area contributed by atoms with E-state index in [1.807, 2.05) is 16.5 Å². The number of carbonyl (C=O) groups is 1. The van der Waals surface area contributed by atoms with Gasteiger partial charge in [-0.25, -0.2) is 4.98 Å². The quantitative estimate of drug-likeness (QED) is 0.658. The van der Waals surface area contributed by atoms with Crippen LogP contribution in [0.1, 0.15) is 42.7 Å². The SMILES string of the molecule is O=C(C[C@H]1CC[C@H]2[C@@H](COC[C@H](O)CN2Cc2nccs2)O1)N1CCC(Cc2ccccc2)CC1. The second-order valence-electron chi connectivity index (χ2n) is 10.2. The van der Waals surface area contributed by atoms with E-state index in [0.29, 0.717) is 38.6 Å². The summed E-state index contributed by atoms with van der Waals surface area (Å²) < 4.78 is 12.2. The Balaban J connectivity index is 1.12. The van der Waals surface area contributed by atoms with Gasteiger partial charge in [-0.05, 0) is 43.6 Å². The van der Waals surface area contributed by atoms with Gasteiger partial charge in [-0.1, -0.05) is 30.3 Å². The highest BCUT2D eigenvalue weighted by atomic mass is 32.1. The molecule has 3 saturated heterocycles. The van der Waals surface area contributed by atoms with Crippen LogP contribution in [0.2, 0.25) is 0 Å². The molecule has 4 heterocycles. The van der Waals surface area contributed by atoms with Crippen molar-refractivity contribution in [1.82, 2.24) is 14.8 Å². The largest absolute Gasteiger partial charge is 0.389 e. The number of piperidine rings is 1. The van der Waals surface area contributed by atoms with E-state index in [9.17, 15) is 9.90 Å². The van der Waals surface area contributed by atoms with Gasteiger partial charge in [0.1, 0.15) is 5.01 Å². The molecule has 7 nitrogen and oxygen atoms in total. The summed E-state index contributed by atoms with van der Waals surface area (Å²) in [7, 11) is 0. The van der Waals surface area contributed by atoms with Gasteiger partial charge in [0.25, 0.3) is 0 Å². The van der Waals surface area contributed by atoms with Crippen LogP contribution in [0.5, 0.6) is 0 Å². The summed E-state index contributed by atoms with van der Waals surface area (Å²) in [6.45, 7) is 3.70. The number of aromatic nitrogens is 1. The monoisotopic (exact) mass is 499 g/mol. The number of amides is 1. The van der Waals surface area contributed by atoms with E-state index in [1.165, 1.54) is 5.56 Å². The average Bonchev–Trinajstić information content (AvgIpc) is 3.37. The Kier molecular flexibility index (Phi) is 8.47. The number of fused-ring (bicyclic) bond motifs is 1. The van der Waals surface area contributed by atoms with Crippen molar-refractivity contribution in [2.75, 3.05) is 32.8 Å². The van der Waals surface area contributed by atoms with Crippen molar-refractivity contribution in [2.45, 2.75) is 69.4 Å². The number of carbonyl (C=O) groups excluding carboxylic acids is 1. The number of benzene rings is 1. The van der Waals surface area contributed by atoms with Crippen LogP contribution in [0, 0.1) is 5.92 Å². The Morgan fingerprint density at radius 2 is 1.94 bits per heavy atom. The number of ether oxygens (including phenoxy) is 2. The third-order valence-corrected chi connectivity index (χ3v) is 8.41. The fraction of sp³-hybridized carbons (Fsp3) is 0.630. The van der Waals surface area contributed by atoms with E-state index in [2.05, 4.69) is 40.2 Å². The standard InChI is InChI=1S/C27H37N3O4S/c31-22-16-30(17-26-28-10-13-35-26)24-7-6-23(34-25(24)19-33-18-22)15-27(32)29-11-8-21(9-12-29)14-20-4-2-1-3-5-20/h1-5,10,13,21-25,31H,6-9,11-12,14-19H2/t22-,23-,24+,25-/m1/s1. The fourth-order valence-electron chi connectivity index (χ4n) is 5.79. The van der Waals surface area contributed by atoms with Crippen molar-refractivity contribution >= 4 is 17.2 Å². The van der Waals surface area contributed by atoms with Gasteiger partial charge < -0.3 is 19.5 Å². The molecule has 8 heteroatoms. The number of thiazole rings is 1. The van der Waals surface area contributed by atoms with Gasteiger partial charge in [0.2, 0.25) is 5.91 Å². The molecular formula is C27H37N3O4S. The lowest BCUT2D eigenvalue weighted by Gasteiger charge is -2.44. The third-order valence-electron chi connectivity index (χ3n) is 7.65. The first-order chi connectivity index (χ1) is 17.1. The van der Waals surface area contributed by atoms with Crippen molar-refractivity contribution in [3.8, 4) is 0 Å². The van der Waals surface area contributed by atoms with Crippen LogP contribution in [-0.4, -0.2) is 83.0 Å². The zero-order valence-electron chi connectivity index (χ0n) is 20.3. The lowest BCUT2D eigenvalue weighted by atomic mass is 9.89. The molecule has 3 aliphatic heterocycles. The topological polar surface area (TPSA) is 75.1 Å². The second kappa shape index (κ2) is 11.9. The lowest BCUT2D eigenvalue weighted by molar-refractivity contribution is -0.161. The molecule has 2 aromatic rings. The molecule has 0 aliphatic carbocycles. The molecule has 0 bridgehead atoms. The number of hydrogen-bond acceptors (Lipinski definition) is 7. The van der Waals surface area contributed by atoms with Gasteiger partial charge in [-0.3, -0.25) is 9.69 Å². The fourth-order valence-corrected chi connectivity index (χ4v) is 6.43. The molecule has 3 fully saturated rings. The molecule has 1 N–H and O–H groups in total. The zero-order chi connectivity index (χ0) is 24.0. The minimum absolute atomic E-state index is 0.0690. The summed E-state index contributed by atoms with van der Waals surface area (Å²) in [5, 5.41) is 13.4. The summed E-state index contributed by atoms with van der Waals surface area (Å²) in [6.07, 6.45) is 6.62. The van der Waals surface area contributed by atoms with Crippen LogP contribution in [-0.2, 0) is 27.2 Å². The number of likely N-dealkylation sites (tertiary alicyclic amines) is 1. The Morgan fingerprint density at radius 1 is 1.11 bits per heavy atom. The minimum Gasteiger partial charge on any atom is -0.389 e. The van der Waals surface area contributed by atoms with E-state index in [-0.39, 0.29) is 24.2 Å². The van der Waals surface area contributed by atoms with Gasteiger partial charge >= 0.3 is 0 Å². The van der Waals surface area contributed by atoms with Crippen molar-refractivity contribution in [3.05, 3.63) is 52.5 Å². The molecule has 1 amide bonds. The molecule has 190 valence electrons. The summed E-state index contributed by atoms with van der Waals surface area (Å²) in [5.74, 6) is 0.868. The van der Waals surface area contributed by atoms with E-state index in [0.717, 1.165) is 50.2 Å². The Hall–Kier alpha value is -1.84. The van der Waals surface area contributed by atoms with Crippen molar-refractivity contribution in [2.24, 2.45) is 5.92 Å². The summed E-state index contributed by atoms with van der Waals surface area (Å²) in [6, 6.07) is 10.8. The molecular weight excluding hydrogens is 462 g/mol. The Labute approximate surface area is 212 Å². The molecule has 0 unspecified atom stereocenters. The van der Waals surface area contributed by atoms with Crippen LogP contribution in [0.3, 0.4) is 0 Å². The normalized spacial score (nSPS) is 28.8. The maximum atomic E-state index is 13.1. The predicted molar refractivity (Wildman–Crippen MR) is 135 cm³/mol. The molecule has 1 aromatic carbocycles. The molecule has 5 rings (SSSR count). The van der Waals surface area contributed by atoms with Crippen LogP contribution in [0.25, 0.3) is 0 Å². The number of aliphatic hydroxyl groups excluding tert-OH is 1. The summed E-state index contributed by atoms with van der Waals surface area (Å²) in [5.41, 5.74) is 1.39. The van der Waals surface area contributed by atoms with Gasteiger partial charge in [0.05, 0.1) is 44.5 Å². The first-order valence-electron chi connectivity index (χ1n) is 13.0. The number of β-amino-alcohol motifs (C(OH)–C–C–N with tert-alkyl or cyclic N) is 1. The van der Waals surface area contributed by atoms with Crippen LogP contribution >= 0.6 is 11.3 Å². The average molecular weight is 500 g/mol. The van der Waals surface area contributed by atoms with Gasteiger partial charge in [0, 0.05) is 37.3 Å². The zero-order valence-corrected chi connectivity index (χ0v) is 21.2. The van der Waals surface area contributed by atoms with Gasteiger partial charge in [-0.2, -0.15) is 0 Å². The Bertz CT molecular complexity index is 920. The highest BCUT2D eigenvalue weighted by Gasteiger charge is 2.38. The van der Waals surface area contributed by atoms with Gasteiger partial charge in [-0.15, -0.1) is 11.3 Å². The maximum absolute atomic E-state index is 13.1. The summed E-state index contributed by atoms with van der Waals surface area (Å²) in [4.78, 5) is 21.9. The molecule has 35 heavy (non-hydrogen) atoms. The number of rotatable bonds is 6. The third kappa shape index (κ3) is 6.68. The van der Waals surface area contributed by atoms with E-state index >= 15 is 0 Å². The molecule has 0 radical (unpaired) electrons. The lowest BCUT2D eigenvalue weighted by Crippen LogP contribution is -2.55. The van der Waals surface area contributed by atoms with Crippen molar-refractivity contribution in [1.29, 1.82) is 0 Å². The molecule has 3 aliphatic rings. The molecule has 1 aromatic heterocycles. The van der Waals surface area contributed by atoms with Crippen LogP contribution < -0.4 is 0 Å². The molecule has 0 spiro atoms. The minimum atomic E-state index is -0.514. The number of hydrogen-bond donors (Lipinski definition) is 1. The number of nitrogens with zero attached hydrogens (tertiary/aromatic N) is 3. The number of aliphatic hydroxyl groups is 1. The summed E-state index contributed by atoms with van der Waals surface area (Å²) >= 11 is 1.64. The second-order valence-corrected chi connectivity index (χ2v) is 11.2. The van der Waals surface area contributed by atoms with E-state index in [1.54, 1.807) is 11.3 Å². The molecule has 0 saturated carbocycles. The van der Waals surface area contributed by atoms with Crippen LogP contribution in [0.4, 0.5) is 0 Å². The maximum Gasteiger partial charge on any atom is 0.225 e. The first kappa shape index (κ1) is 24.8. The highest BCUT2D eigenvalue weighted by Crippen LogP contribution is 2.30. The smallest absolute Gasteiger partial charge is 0.225 e. The van der Waals surface area contributed by atoms with Crippen molar-refractivity contribution < 1.29 is 19.4 Å². The van der Waals surface area contributed by atoms with Crippen molar-refractivity contribution in [3.63, 3.8) is 0 Å². The predicted octanol–water partition coefficient (Wildman–Crippen LogP) is 3.12. The highest BCUT2D eigenvalue weighted by molar-refractivity contribution is 7.09. The van der Waals surface area contributed by atoms with E-state index < -0.39 is 6.10 Å². The van der Waals surface area contributed by atoms with Crippen LogP contribution in [0.15, 0.2) is 41.9 Å². The Morgan fingerprint density at radius 3 is 2.71 bits per heavy atom. The van der Waals surface area contributed by atoms with Gasteiger partial charge in [0.15, 0.2) is 0 Å².